The SMILES string of the molecule is O=C(Cc1cc(=O)[nH]c(SCc2ccccc2)n1)Nc1cccc(F)c1. The van der Waals surface area contributed by atoms with Crippen LogP contribution in [0.1, 0.15) is 11.3 Å². The molecular formula is C19H16FN3O2S. The van der Waals surface area contributed by atoms with Gasteiger partial charge in [-0.1, -0.05) is 48.2 Å². The van der Waals surface area contributed by atoms with E-state index < -0.39 is 5.82 Å². The fourth-order valence-electron chi connectivity index (χ4n) is 2.30. The number of carbonyl (C=O) groups is 1. The van der Waals surface area contributed by atoms with Gasteiger partial charge in [-0.15, -0.1) is 0 Å². The molecule has 0 unspecified atom stereocenters. The number of anilines is 1. The maximum Gasteiger partial charge on any atom is 0.251 e. The van der Waals surface area contributed by atoms with Crippen molar-refractivity contribution >= 4 is 23.4 Å². The zero-order valence-electron chi connectivity index (χ0n) is 13.7. The lowest BCUT2D eigenvalue weighted by atomic mass is 10.2. The second-order valence-corrected chi connectivity index (χ2v) is 6.52. The molecule has 0 radical (unpaired) electrons. The first-order valence-corrected chi connectivity index (χ1v) is 8.89. The first-order chi connectivity index (χ1) is 12.6. The molecule has 7 heteroatoms. The predicted octanol–water partition coefficient (Wildman–Crippen LogP) is 3.38. The van der Waals surface area contributed by atoms with E-state index in [1.807, 2.05) is 30.3 Å². The van der Waals surface area contributed by atoms with Crippen LogP contribution in [0.5, 0.6) is 0 Å². The van der Waals surface area contributed by atoms with E-state index in [1.165, 1.54) is 36.0 Å². The van der Waals surface area contributed by atoms with Gasteiger partial charge >= 0.3 is 0 Å². The van der Waals surface area contributed by atoms with Gasteiger partial charge in [0.25, 0.3) is 5.56 Å². The molecule has 0 spiro atoms. The molecule has 2 aromatic carbocycles. The van der Waals surface area contributed by atoms with E-state index in [2.05, 4.69) is 15.3 Å². The molecule has 0 aliphatic carbocycles. The molecule has 0 atom stereocenters. The molecule has 0 saturated carbocycles. The van der Waals surface area contributed by atoms with E-state index in [1.54, 1.807) is 6.07 Å². The Morgan fingerprint density at radius 1 is 1.12 bits per heavy atom. The fourth-order valence-corrected chi connectivity index (χ4v) is 3.15. The van der Waals surface area contributed by atoms with Gasteiger partial charge in [0.2, 0.25) is 5.91 Å². The van der Waals surface area contributed by atoms with Crippen LogP contribution in [0.4, 0.5) is 10.1 Å². The molecule has 0 bridgehead atoms. The Kier molecular flexibility index (Phi) is 5.80. The molecule has 0 aliphatic heterocycles. The first-order valence-electron chi connectivity index (χ1n) is 7.91. The fraction of sp³-hybridized carbons (Fsp3) is 0.105. The van der Waals surface area contributed by atoms with Crippen molar-refractivity contribution in [2.45, 2.75) is 17.3 Å². The molecular weight excluding hydrogens is 353 g/mol. The molecule has 1 heterocycles. The Labute approximate surface area is 153 Å². The minimum absolute atomic E-state index is 0.0701. The van der Waals surface area contributed by atoms with Crippen LogP contribution in [0.2, 0.25) is 0 Å². The van der Waals surface area contributed by atoms with Gasteiger partial charge in [0.1, 0.15) is 5.82 Å². The van der Waals surface area contributed by atoms with Gasteiger partial charge in [-0.2, -0.15) is 0 Å². The van der Waals surface area contributed by atoms with Crippen molar-refractivity contribution in [3.63, 3.8) is 0 Å². The summed E-state index contributed by atoms with van der Waals surface area (Å²) < 4.78 is 13.2. The van der Waals surface area contributed by atoms with Crippen molar-refractivity contribution in [2.75, 3.05) is 5.32 Å². The standard InChI is InChI=1S/C19H16FN3O2S/c20-14-7-4-8-15(9-14)21-17(24)10-16-11-18(25)23-19(22-16)26-12-13-5-2-1-3-6-13/h1-9,11H,10,12H2,(H,21,24)(H,22,23,25). The molecule has 26 heavy (non-hydrogen) atoms. The summed E-state index contributed by atoms with van der Waals surface area (Å²) in [4.78, 5) is 30.9. The van der Waals surface area contributed by atoms with Gasteiger partial charge in [-0.3, -0.25) is 9.59 Å². The third-order valence-electron chi connectivity index (χ3n) is 3.44. The van der Waals surface area contributed by atoms with Crippen LogP contribution in [0.25, 0.3) is 0 Å². The molecule has 0 aliphatic rings. The van der Waals surface area contributed by atoms with Crippen LogP contribution in [-0.4, -0.2) is 15.9 Å². The number of nitrogens with one attached hydrogen (secondary N) is 2. The lowest BCUT2D eigenvalue weighted by molar-refractivity contribution is -0.115. The molecule has 0 fully saturated rings. The van der Waals surface area contributed by atoms with Crippen molar-refractivity contribution in [1.82, 2.24) is 9.97 Å². The summed E-state index contributed by atoms with van der Waals surface area (Å²) in [5.41, 5.74) is 1.51. The Balaban J connectivity index is 1.65. The molecule has 0 saturated heterocycles. The third kappa shape index (κ3) is 5.29. The maximum absolute atomic E-state index is 13.2. The number of hydrogen-bond donors (Lipinski definition) is 2. The summed E-state index contributed by atoms with van der Waals surface area (Å²) in [5.74, 6) is -0.146. The van der Waals surface area contributed by atoms with Crippen LogP contribution < -0.4 is 10.9 Å². The van der Waals surface area contributed by atoms with Crippen molar-refractivity contribution < 1.29 is 9.18 Å². The highest BCUT2D eigenvalue weighted by atomic mass is 32.2. The van der Waals surface area contributed by atoms with Crippen LogP contribution in [-0.2, 0) is 17.0 Å². The molecule has 3 aromatic rings. The molecule has 1 aromatic heterocycles. The number of thioether (sulfide) groups is 1. The summed E-state index contributed by atoms with van der Waals surface area (Å²) >= 11 is 1.39. The summed E-state index contributed by atoms with van der Waals surface area (Å²) in [6.45, 7) is 0. The monoisotopic (exact) mass is 369 g/mol. The zero-order valence-corrected chi connectivity index (χ0v) is 14.6. The summed E-state index contributed by atoms with van der Waals surface area (Å²) in [6.07, 6.45) is -0.0701. The highest BCUT2D eigenvalue weighted by Crippen LogP contribution is 2.18. The highest BCUT2D eigenvalue weighted by molar-refractivity contribution is 7.98. The Morgan fingerprint density at radius 3 is 2.69 bits per heavy atom. The van der Waals surface area contributed by atoms with Gasteiger partial charge in [0.05, 0.1) is 12.1 Å². The van der Waals surface area contributed by atoms with Crippen LogP contribution in [0, 0.1) is 5.82 Å². The number of H-pyrrole nitrogens is 1. The number of benzene rings is 2. The average molecular weight is 369 g/mol. The Morgan fingerprint density at radius 2 is 1.92 bits per heavy atom. The number of rotatable bonds is 6. The largest absolute Gasteiger partial charge is 0.326 e. The maximum atomic E-state index is 13.2. The normalized spacial score (nSPS) is 10.5. The van der Waals surface area contributed by atoms with Gasteiger partial charge in [0.15, 0.2) is 5.16 Å². The number of nitrogens with zero attached hydrogens (tertiary/aromatic N) is 1. The van der Waals surface area contributed by atoms with Gasteiger partial charge in [-0.25, -0.2) is 9.37 Å². The van der Waals surface area contributed by atoms with Gasteiger partial charge in [0, 0.05) is 17.5 Å². The summed E-state index contributed by atoms with van der Waals surface area (Å²) in [6, 6.07) is 16.7. The van der Waals surface area contributed by atoms with E-state index in [4.69, 9.17) is 0 Å². The van der Waals surface area contributed by atoms with E-state index in [9.17, 15) is 14.0 Å². The van der Waals surface area contributed by atoms with Gasteiger partial charge < -0.3 is 10.3 Å². The summed E-state index contributed by atoms with van der Waals surface area (Å²) in [5, 5.41) is 3.04. The summed E-state index contributed by atoms with van der Waals surface area (Å²) in [7, 11) is 0. The number of halogens is 1. The number of amides is 1. The molecule has 5 nitrogen and oxygen atoms in total. The zero-order chi connectivity index (χ0) is 18.4. The van der Waals surface area contributed by atoms with Crippen molar-refractivity contribution in [3.05, 3.63) is 88.1 Å². The number of hydrogen-bond acceptors (Lipinski definition) is 4. The Hall–Kier alpha value is -2.93. The number of carbonyl (C=O) groups excluding carboxylic acids is 1. The molecule has 1 amide bonds. The molecule has 2 N–H and O–H groups in total. The number of aromatic nitrogens is 2. The predicted molar refractivity (Wildman–Crippen MR) is 99.6 cm³/mol. The van der Waals surface area contributed by atoms with E-state index >= 15 is 0 Å². The molecule has 3 rings (SSSR count). The number of aromatic amines is 1. The van der Waals surface area contributed by atoms with Crippen LogP contribution in [0.3, 0.4) is 0 Å². The molecule has 132 valence electrons. The minimum Gasteiger partial charge on any atom is -0.326 e. The van der Waals surface area contributed by atoms with E-state index in [0.29, 0.717) is 22.3 Å². The van der Waals surface area contributed by atoms with Gasteiger partial charge in [-0.05, 0) is 23.8 Å². The average Bonchev–Trinajstić information content (AvgIpc) is 2.60. The third-order valence-corrected chi connectivity index (χ3v) is 4.39. The second kappa shape index (κ2) is 8.44. The van der Waals surface area contributed by atoms with Crippen LogP contribution >= 0.6 is 11.8 Å². The first kappa shape index (κ1) is 17.9. The minimum atomic E-state index is -0.434. The quantitative estimate of drug-likeness (QED) is 0.516. The lowest BCUT2D eigenvalue weighted by Gasteiger charge is -2.06. The van der Waals surface area contributed by atoms with Crippen molar-refractivity contribution in [1.29, 1.82) is 0 Å². The van der Waals surface area contributed by atoms with E-state index in [-0.39, 0.29) is 17.9 Å². The lowest BCUT2D eigenvalue weighted by Crippen LogP contribution is -2.18. The van der Waals surface area contributed by atoms with E-state index in [0.717, 1.165) is 5.56 Å². The van der Waals surface area contributed by atoms with Crippen molar-refractivity contribution in [3.8, 4) is 0 Å². The van der Waals surface area contributed by atoms with Crippen molar-refractivity contribution in [2.24, 2.45) is 0 Å². The van der Waals surface area contributed by atoms with Crippen LogP contribution in [0.15, 0.2) is 70.6 Å². The smallest absolute Gasteiger partial charge is 0.251 e. The topological polar surface area (TPSA) is 74.8 Å². The Bertz CT molecular complexity index is 960. The second-order valence-electron chi connectivity index (χ2n) is 5.55. The highest BCUT2D eigenvalue weighted by Gasteiger charge is 2.09.